The fourth-order valence-corrected chi connectivity index (χ4v) is 5.52. The molecule has 0 unspecified atom stereocenters. The Balaban J connectivity index is 1.12. The van der Waals surface area contributed by atoms with Crippen LogP contribution in [0, 0.1) is 5.92 Å². The summed E-state index contributed by atoms with van der Waals surface area (Å²) in [6.45, 7) is 6.57. The summed E-state index contributed by atoms with van der Waals surface area (Å²) in [4.78, 5) is 14.8. The number of anilines is 1. The van der Waals surface area contributed by atoms with Crippen LogP contribution in [0.3, 0.4) is 0 Å². The van der Waals surface area contributed by atoms with E-state index in [1.807, 2.05) is 0 Å². The molecule has 1 aromatic rings. The van der Waals surface area contributed by atoms with Gasteiger partial charge in [0.2, 0.25) is 5.91 Å². The van der Waals surface area contributed by atoms with Gasteiger partial charge in [0.15, 0.2) is 5.82 Å². The van der Waals surface area contributed by atoms with Gasteiger partial charge >= 0.3 is 0 Å². The van der Waals surface area contributed by atoms with Crippen molar-refractivity contribution >= 4 is 11.7 Å². The van der Waals surface area contributed by atoms with Crippen LogP contribution >= 0.6 is 0 Å². The van der Waals surface area contributed by atoms with Crippen LogP contribution in [-0.4, -0.2) is 72.1 Å². The normalized spacial score (nSPS) is 24.0. The number of aromatic nitrogens is 1. The molecule has 0 bridgehead atoms. The molecule has 1 amide bonds. The largest absolute Gasteiger partial charge is 0.389 e. The summed E-state index contributed by atoms with van der Waals surface area (Å²) < 4.78 is 37.6. The Labute approximate surface area is 211 Å². The van der Waals surface area contributed by atoms with E-state index in [-0.39, 0.29) is 31.2 Å². The van der Waals surface area contributed by atoms with E-state index in [0.29, 0.717) is 55.7 Å². The highest BCUT2D eigenvalue weighted by molar-refractivity contribution is 5.77. The van der Waals surface area contributed by atoms with Crippen LogP contribution in [-0.2, 0) is 22.4 Å². The Morgan fingerprint density at radius 1 is 1.14 bits per heavy atom. The molecule has 2 heterocycles. The molecule has 1 saturated heterocycles. The molecule has 10 heteroatoms. The van der Waals surface area contributed by atoms with Crippen molar-refractivity contribution in [1.29, 1.82) is 0 Å². The fraction of sp³-hybridized carbons (Fsp3) is 0.769. The minimum atomic E-state index is -0.920. The van der Waals surface area contributed by atoms with Crippen molar-refractivity contribution in [3.05, 3.63) is 23.0 Å². The number of amides is 1. The van der Waals surface area contributed by atoms with E-state index in [1.54, 1.807) is 0 Å². The Hall–Kier alpha value is -2.04. The van der Waals surface area contributed by atoms with Crippen molar-refractivity contribution in [1.82, 2.24) is 15.4 Å². The summed E-state index contributed by atoms with van der Waals surface area (Å²) in [6.07, 6.45) is 6.20. The molecule has 0 atom stereocenters. The smallest absolute Gasteiger partial charge is 0.223 e. The van der Waals surface area contributed by atoms with Crippen LogP contribution in [0.2, 0.25) is 0 Å². The highest BCUT2D eigenvalue weighted by atomic mass is 19.2. The quantitative estimate of drug-likeness (QED) is 0.418. The van der Waals surface area contributed by atoms with Gasteiger partial charge in [-0.2, -0.15) is 0 Å². The number of aliphatic hydroxyl groups is 1. The minimum Gasteiger partial charge on any atom is -0.389 e. The first-order valence-electron chi connectivity index (χ1n) is 13.4. The molecule has 3 N–H and O–H groups in total. The summed E-state index contributed by atoms with van der Waals surface area (Å²) in [6, 6.07) is 0.199. The second-order valence-electron chi connectivity index (χ2n) is 10.5. The average Bonchev–Trinajstić information content (AvgIpc) is 3.23. The predicted molar refractivity (Wildman–Crippen MR) is 132 cm³/mol. The molecular weight excluding hydrogens is 470 g/mol. The van der Waals surface area contributed by atoms with E-state index >= 15 is 0 Å². The summed E-state index contributed by atoms with van der Waals surface area (Å²) in [5, 5.41) is 20.9. The summed E-state index contributed by atoms with van der Waals surface area (Å²) in [7, 11) is 0. The molecule has 1 aliphatic heterocycles. The number of halogens is 2. The molecule has 2 fully saturated rings. The van der Waals surface area contributed by atoms with Gasteiger partial charge in [-0.25, -0.2) is 8.78 Å². The zero-order valence-corrected chi connectivity index (χ0v) is 21.3. The first-order valence-corrected chi connectivity index (χ1v) is 13.4. The monoisotopic (exact) mass is 510 g/mol. The fourth-order valence-electron chi connectivity index (χ4n) is 5.52. The number of nitrogens with zero attached hydrogens (tertiary/aromatic N) is 2. The number of carbonyl (C=O) groups excluding carboxylic acids is 1. The van der Waals surface area contributed by atoms with Crippen molar-refractivity contribution in [3.63, 3.8) is 0 Å². The highest BCUT2D eigenvalue weighted by Gasteiger charge is 2.33. The molecule has 36 heavy (non-hydrogen) atoms. The lowest BCUT2D eigenvalue weighted by molar-refractivity contribution is -0.131. The number of allylic oxidation sites excluding steroid dienone is 2. The summed E-state index contributed by atoms with van der Waals surface area (Å²) in [5.74, 6) is -0.0120. The molecule has 2 aliphatic carbocycles. The van der Waals surface area contributed by atoms with Crippen molar-refractivity contribution in [2.75, 3.05) is 44.7 Å². The van der Waals surface area contributed by atoms with Gasteiger partial charge in [0, 0.05) is 57.2 Å². The molecule has 0 radical (unpaired) electrons. The molecule has 4 rings (SSSR count). The number of likely N-dealkylation sites (N-methyl/N-ethyl adjacent to an activating group) is 1. The Bertz CT molecular complexity index is 908. The molecule has 0 spiro atoms. The van der Waals surface area contributed by atoms with Gasteiger partial charge in [0.25, 0.3) is 0 Å². The van der Waals surface area contributed by atoms with Crippen LogP contribution in [0.15, 0.2) is 16.2 Å². The van der Waals surface area contributed by atoms with Crippen LogP contribution in [0.4, 0.5) is 14.6 Å². The number of hydrogen-bond acceptors (Lipinski definition) is 7. The van der Waals surface area contributed by atoms with Crippen molar-refractivity contribution in [2.24, 2.45) is 5.92 Å². The average molecular weight is 511 g/mol. The zero-order valence-electron chi connectivity index (χ0n) is 21.3. The Morgan fingerprint density at radius 3 is 2.58 bits per heavy atom. The van der Waals surface area contributed by atoms with Crippen molar-refractivity contribution in [2.45, 2.75) is 82.8 Å². The third-order valence-corrected chi connectivity index (χ3v) is 7.96. The third kappa shape index (κ3) is 7.26. The summed E-state index contributed by atoms with van der Waals surface area (Å²) >= 11 is 0. The highest BCUT2D eigenvalue weighted by Crippen LogP contribution is 2.32. The maximum Gasteiger partial charge on any atom is 0.223 e. The Kier molecular flexibility index (Phi) is 9.35. The maximum absolute atomic E-state index is 13.7. The van der Waals surface area contributed by atoms with Gasteiger partial charge in [-0.15, -0.1) is 0 Å². The minimum absolute atomic E-state index is 0.0511. The lowest BCUT2D eigenvalue weighted by atomic mass is 9.83. The van der Waals surface area contributed by atoms with Crippen molar-refractivity contribution < 1.29 is 27.9 Å². The molecule has 1 aromatic heterocycles. The van der Waals surface area contributed by atoms with Gasteiger partial charge in [-0.3, -0.25) is 4.79 Å². The van der Waals surface area contributed by atoms with Crippen molar-refractivity contribution in [3.8, 4) is 0 Å². The van der Waals surface area contributed by atoms with Crippen LogP contribution < -0.4 is 10.6 Å². The number of nitrogens with one attached hydrogen (secondary N) is 2. The first kappa shape index (κ1) is 27.0. The van der Waals surface area contributed by atoms with E-state index in [0.717, 1.165) is 51.7 Å². The SMILES string of the molecule is CCN(CCNc1noc2c1CC(F)=C(F)C2)CCC1CCC(NC(=O)CC2(O)CCOCC2)CC1. The number of carbonyl (C=O) groups is 1. The van der Waals surface area contributed by atoms with Crippen LogP contribution in [0.1, 0.15) is 69.6 Å². The lowest BCUT2D eigenvalue weighted by Crippen LogP contribution is -2.44. The van der Waals surface area contributed by atoms with E-state index in [9.17, 15) is 18.7 Å². The number of rotatable bonds is 11. The van der Waals surface area contributed by atoms with Gasteiger partial charge in [-0.05, 0) is 51.1 Å². The molecule has 202 valence electrons. The van der Waals surface area contributed by atoms with Crippen LogP contribution in [0.5, 0.6) is 0 Å². The van der Waals surface area contributed by atoms with E-state index in [4.69, 9.17) is 9.26 Å². The maximum atomic E-state index is 13.7. The number of hydrogen-bond donors (Lipinski definition) is 3. The first-order chi connectivity index (χ1) is 17.3. The standard InChI is InChI=1S/C26H40F2N4O4/c1-2-32(12-10-29-25-20-15-21(27)22(28)16-23(20)36-31-25)11-7-18-3-5-19(6-4-18)30-24(33)17-26(34)8-13-35-14-9-26/h18-19,34H,2-17H2,1H3,(H,29,31)(H,30,33). The molecule has 8 nitrogen and oxygen atoms in total. The molecular formula is C26H40F2N4O4. The summed E-state index contributed by atoms with van der Waals surface area (Å²) in [5.41, 5.74) is -0.307. The molecule has 0 aromatic carbocycles. The topological polar surface area (TPSA) is 99.9 Å². The van der Waals surface area contributed by atoms with E-state index in [1.165, 1.54) is 0 Å². The third-order valence-electron chi connectivity index (χ3n) is 7.96. The lowest BCUT2D eigenvalue weighted by Gasteiger charge is -2.33. The number of fused-ring (bicyclic) bond motifs is 1. The van der Waals surface area contributed by atoms with Gasteiger partial charge in [0.05, 0.1) is 18.4 Å². The van der Waals surface area contributed by atoms with Gasteiger partial charge in [-0.1, -0.05) is 12.1 Å². The van der Waals surface area contributed by atoms with Gasteiger partial charge < -0.3 is 29.9 Å². The zero-order chi connectivity index (χ0) is 25.5. The second kappa shape index (κ2) is 12.5. The predicted octanol–water partition coefficient (Wildman–Crippen LogP) is 3.65. The molecule has 3 aliphatic rings. The van der Waals surface area contributed by atoms with Crippen LogP contribution in [0.25, 0.3) is 0 Å². The Morgan fingerprint density at radius 2 is 1.86 bits per heavy atom. The van der Waals surface area contributed by atoms with Gasteiger partial charge in [0.1, 0.15) is 17.4 Å². The number of ether oxygens (including phenoxy) is 1. The second-order valence-corrected chi connectivity index (χ2v) is 10.5. The molecule has 1 saturated carbocycles. The van der Waals surface area contributed by atoms with E-state index < -0.39 is 17.3 Å². The van der Waals surface area contributed by atoms with E-state index in [2.05, 4.69) is 27.6 Å².